The Morgan fingerprint density at radius 1 is 1.50 bits per heavy atom. The summed E-state index contributed by atoms with van der Waals surface area (Å²) < 4.78 is 2.04. The second-order valence-electron chi connectivity index (χ2n) is 3.93. The summed E-state index contributed by atoms with van der Waals surface area (Å²) >= 11 is 5.60. The zero-order valence-electron chi connectivity index (χ0n) is 9.87. The Kier molecular flexibility index (Phi) is 4.83. The number of rotatable bonds is 6. The molecule has 96 valence electrons. The van der Waals surface area contributed by atoms with E-state index in [0.29, 0.717) is 6.54 Å². The fraction of sp³-hybridized carbons (Fsp3) is 0.333. The van der Waals surface area contributed by atoms with Gasteiger partial charge in [-0.25, -0.2) is 4.98 Å². The second kappa shape index (κ2) is 6.61. The number of carbonyl (C=O) groups excluding carboxylic acids is 1. The molecule has 4 nitrogen and oxygen atoms in total. The second-order valence-corrected chi connectivity index (χ2v) is 5.36. The van der Waals surface area contributed by atoms with Crippen LogP contribution in [0.25, 0.3) is 0 Å². The Labute approximate surface area is 115 Å². The van der Waals surface area contributed by atoms with E-state index in [9.17, 15) is 4.79 Å². The molecule has 0 saturated carbocycles. The fourth-order valence-electron chi connectivity index (χ4n) is 1.57. The fourth-order valence-corrected chi connectivity index (χ4v) is 2.64. The van der Waals surface area contributed by atoms with Gasteiger partial charge in [0.1, 0.15) is 0 Å². The summed E-state index contributed by atoms with van der Waals surface area (Å²) in [5.41, 5.74) is 0. The van der Waals surface area contributed by atoms with Crippen molar-refractivity contribution in [3.8, 4) is 0 Å². The van der Waals surface area contributed by atoms with E-state index in [1.165, 1.54) is 11.3 Å². The summed E-state index contributed by atoms with van der Waals surface area (Å²) in [5, 5.41) is 4.76. The van der Waals surface area contributed by atoms with Gasteiger partial charge in [-0.1, -0.05) is 0 Å². The SMILES string of the molecule is O=C(NCCCCn1ccnc1)c1cc(S)cs1. The van der Waals surface area contributed by atoms with Gasteiger partial charge < -0.3 is 9.88 Å². The van der Waals surface area contributed by atoms with E-state index in [4.69, 9.17) is 0 Å². The van der Waals surface area contributed by atoms with Gasteiger partial charge in [0.25, 0.3) is 5.91 Å². The molecule has 18 heavy (non-hydrogen) atoms. The molecule has 0 aliphatic carbocycles. The van der Waals surface area contributed by atoms with Gasteiger partial charge in [0.2, 0.25) is 0 Å². The van der Waals surface area contributed by atoms with Gasteiger partial charge in [-0.15, -0.1) is 24.0 Å². The highest BCUT2D eigenvalue weighted by Crippen LogP contribution is 2.17. The van der Waals surface area contributed by atoms with E-state index >= 15 is 0 Å². The number of unbranched alkanes of at least 4 members (excludes halogenated alkanes) is 1. The normalized spacial score (nSPS) is 10.5. The van der Waals surface area contributed by atoms with E-state index in [1.54, 1.807) is 18.6 Å². The number of carbonyl (C=O) groups is 1. The Morgan fingerprint density at radius 2 is 2.39 bits per heavy atom. The summed E-state index contributed by atoms with van der Waals surface area (Å²) in [7, 11) is 0. The minimum atomic E-state index is -0.0112. The van der Waals surface area contributed by atoms with Crippen molar-refractivity contribution < 1.29 is 4.79 Å². The number of thiol groups is 1. The van der Waals surface area contributed by atoms with Gasteiger partial charge in [0.15, 0.2) is 0 Å². The zero-order chi connectivity index (χ0) is 12.8. The number of nitrogens with zero attached hydrogens (tertiary/aromatic N) is 2. The summed E-state index contributed by atoms with van der Waals surface area (Å²) in [4.78, 5) is 17.2. The number of imidazole rings is 1. The molecule has 0 atom stereocenters. The van der Waals surface area contributed by atoms with Crippen LogP contribution < -0.4 is 5.32 Å². The predicted molar refractivity (Wildman–Crippen MR) is 75.4 cm³/mol. The molecule has 0 spiro atoms. The van der Waals surface area contributed by atoms with Crippen LogP contribution in [0.15, 0.2) is 35.1 Å². The monoisotopic (exact) mass is 281 g/mol. The third-order valence-corrected chi connectivity index (χ3v) is 3.86. The van der Waals surface area contributed by atoms with E-state index in [2.05, 4.69) is 22.9 Å². The number of nitrogens with one attached hydrogen (secondary N) is 1. The van der Waals surface area contributed by atoms with Gasteiger partial charge in [-0.3, -0.25) is 4.79 Å². The van der Waals surface area contributed by atoms with Crippen molar-refractivity contribution in [3.05, 3.63) is 35.0 Å². The molecule has 0 unspecified atom stereocenters. The lowest BCUT2D eigenvalue weighted by molar-refractivity contribution is 0.0957. The topological polar surface area (TPSA) is 46.9 Å². The minimum Gasteiger partial charge on any atom is -0.351 e. The summed E-state index contributed by atoms with van der Waals surface area (Å²) in [6, 6.07) is 1.79. The maximum absolute atomic E-state index is 11.7. The highest BCUT2D eigenvalue weighted by Gasteiger charge is 2.06. The van der Waals surface area contributed by atoms with Crippen molar-refractivity contribution in [1.29, 1.82) is 0 Å². The van der Waals surface area contributed by atoms with Gasteiger partial charge in [-0.2, -0.15) is 0 Å². The van der Waals surface area contributed by atoms with Gasteiger partial charge >= 0.3 is 0 Å². The molecule has 2 aromatic heterocycles. The summed E-state index contributed by atoms with van der Waals surface area (Å²) in [6.07, 6.45) is 7.51. The van der Waals surface area contributed by atoms with Crippen LogP contribution in [0.1, 0.15) is 22.5 Å². The first-order valence-corrected chi connectivity index (χ1v) is 7.10. The Hall–Kier alpha value is -1.27. The minimum absolute atomic E-state index is 0.0112. The number of hydrogen-bond acceptors (Lipinski definition) is 4. The number of thiophene rings is 1. The first kappa shape index (κ1) is 13.2. The highest BCUT2D eigenvalue weighted by molar-refractivity contribution is 7.80. The molecule has 0 fully saturated rings. The lowest BCUT2D eigenvalue weighted by Gasteiger charge is -2.04. The lowest BCUT2D eigenvalue weighted by atomic mass is 10.3. The first-order chi connectivity index (χ1) is 8.75. The van der Waals surface area contributed by atoms with E-state index in [0.717, 1.165) is 29.2 Å². The van der Waals surface area contributed by atoms with Crippen molar-refractivity contribution in [1.82, 2.24) is 14.9 Å². The average Bonchev–Trinajstić information content (AvgIpc) is 2.99. The van der Waals surface area contributed by atoms with Gasteiger partial charge in [0, 0.05) is 35.8 Å². The molecule has 0 saturated heterocycles. The maximum Gasteiger partial charge on any atom is 0.261 e. The number of amides is 1. The Balaban J connectivity index is 1.62. The quantitative estimate of drug-likeness (QED) is 0.631. The van der Waals surface area contributed by atoms with Gasteiger partial charge in [-0.05, 0) is 18.9 Å². The maximum atomic E-state index is 11.7. The molecule has 2 rings (SSSR count). The molecule has 0 aliphatic heterocycles. The average molecular weight is 281 g/mol. The zero-order valence-corrected chi connectivity index (χ0v) is 11.6. The van der Waals surface area contributed by atoms with Crippen LogP contribution >= 0.6 is 24.0 Å². The molecule has 1 amide bonds. The summed E-state index contributed by atoms with van der Waals surface area (Å²) in [6.45, 7) is 1.64. The molecule has 0 radical (unpaired) electrons. The predicted octanol–water partition coefficient (Wildman–Crippen LogP) is 2.44. The largest absolute Gasteiger partial charge is 0.351 e. The van der Waals surface area contributed by atoms with Crippen LogP contribution in [-0.4, -0.2) is 22.0 Å². The van der Waals surface area contributed by atoms with Crippen molar-refractivity contribution in [2.45, 2.75) is 24.3 Å². The Morgan fingerprint density at radius 3 is 3.06 bits per heavy atom. The standard InChI is InChI=1S/C12H15N3OS2/c16-12(11-7-10(17)8-18-11)14-3-1-2-5-15-6-4-13-9-15/h4,6-9,17H,1-3,5H2,(H,14,16). The van der Waals surface area contributed by atoms with Crippen LogP contribution in [0.4, 0.5) is 0 Å². The van der Waals surface area contributed by atoms with Crippen LogP contribution in [0.5, 0.6) is 0 Å². The van der Waals surface area contributed by atoms with E-state index < -0.39 is 0 Å². The first-order valence-electron chi connectivity index (χ1n) is 5.77. The van der Waals surface area contributed by atoms with Gasteiger partial charge in [0.05, 0.1) is 11.2 Å². The van der Waals surface area contributed by atoms with Crippen molar-refractivity contribution in [2.75, 3.05) is 6.54 Å². The van der Waals surface area contributed by atoms with E-state index in [-0.39, 0.29) is 5.91 Å². The lowest BCUT2D eigenvalue weighted by Crippen LogP contribution is -2.23. The van der Waals surface area contributed by atoms with Crippen LogP contribution in [0.3, 0.4) is 0 Å². The van der Waals surface area contributed by atoms with Crippen LogP contribution in [-0.2, 0) is 6.54 Å². The van der Waals surface area contributed by atoms with Crippen LogP contribution in [0, 0.1) is 0 Å². The molecule has 0 aromatic carbocycles. The molecule has 0 bridgehead atoms. The molecule has 1 N–H and O–H groups in total. The van der Waals surface area contributed by atoms with Crippen LogP contribution in [0.2, 0.25) is 0 Å². The third kappa shape index (κ3) is 3.89. The number of hydrogen-bond donors (Lipinski definition) is 2. The molecule has 0 aliphatic rings. The van der Waals surface area contributed by atoms with Crippen molar-refractivity contribution >= 4 is 29.9 Å². The number of aryl methyl sites for hydroxylation is 1. The Bertz CT molecular complexity index is 493. The van der Waals surface area contributed by atoms with Crippen molar-refractivity contribution in [2.24, 2.45) is 0 Å². The summed E-state index contributed by atoms with van der Waals surface area (Å²) in [5.74, 6) is -0.0112. The molecular formula is C12H15N3OS2. The molecule has 2 aromatic rings. The number of aromatic nitrogens is 2. The highest BCUT2D eigenvalue weighted by atomic mass is 32.1. The third-order valence-electron chi connectivity index (χ3n) is 2.50. The molecule has 6 heteroatoms. The molecule has 2 heterocycles. The molecular weight excluding hydrogens is 266 g/mol. The smallest absolute Gasteiger partial charge is 0.261 e. The van der Waals surface area contributed by atoms with Crippen molar-refractivity contribution in [3.63, 3.8) is 0 Å². The van der Waals surface area contributed by atoms with E-state index in [1.807, 2.05) is 16.1 Å².